The summed E-state index contributed by atoms with van der Waals surface area (Å²) in [5, 5.41) is 8.46. The number of nitriles is 1. The van der Waals surface area contributed by atoms with E-state index in [1.807, 2.05) is 0 Å². The molecule has 1 fully saturated rings. The summed E-state index contributed by atoms with van der Waals surface area (Å²) >= 11 is 0. The Morgan fingerprint density at radius 3 is 2.78 bits per heavy atom. The number of methoxy groups -OCH3 is 1. The molecule has 0 unspecified atom stereocenters. The minimum atomic E-state index is -0.407. The van der Waals surface area contributed by atoms with Crippen LogP contribution in [0, 0.1) is 11.3 Å². The predicted molar refractivity (Wildman–Crippen MR) is 33.1 cm³/mol. The third-order valence-electron chi connectivity index (χ3n) is 1.34. The van der Waals surface area contributed by atoms with Gasteiger partial charge in [-0.1, -0.05) is 0 Å². The van der Waals surface area contributed by atoms with Crippen LogP contribution in [0.25, 0.3) is 0 Å². The number of hydrogen-bond donors (Lipinski definition) is 0. The van der Waals surface area contributed by atoms with Crippen molar-refractivity contribution in [1.29, 1.82) is 5.26 Å². The molecule has 0 atom stereocenters. The van der Waals surface area contributed by atoms with E-state index in [2.05, 4.69) is 15.8 Å². The van der Waals surface area contributed by atoms with E-state index in [1.54, 1.807) is 0 Å². The van der Waals surface area contributed by atoms with Gasteiger partial charge in [-0.15, -0.1) is 0 Å². The summed E-state index contributed by atoms with van der Waals surface area (Å²) in [6.07, 6.45) is 3.09. The topological polar surface area (TPSA) is 45.4 Å². The van der Waals surface area contributed by atoms with E-state index >= 15 is 0 Å². The van der Waals surface area contributed by atoms with Crippen molar-refractivity contribution in [2.75, 3.05) is 7.11 Å². The first kappa shape index (κ1) is 6.09. The Hall–Kier alpha value is -1.04. The lowest BCUT2D eigenvalue weighted by molar-refractivity contribution is 0.419. The third kappa shape index (κ3) is 1.20. The van der Waals surface area contributed by atoms with E-state index in [4.69, 9.17) is 5.26 Å². The standard InChI is InChI=1S/C6H8N2O/c1-9-5-8-6(4-7)2-3-6/h5H,2-3H2,1H3/b8-5-. The monoisotopic (exact) mass is 124 g/mol. The lowest BCUT2D eigenvalue weighted by atomic mass is 10.3. The van der Waals surface area contributed by atoms with Crippen LogP contribution in [0.1, 0.15) is 12.8 Å². The summed E-state index contributed by atoms with van der Waals surface area (Å²) in [5.74, 6) is 0. The minimum absolute atomic E-state index is 0.407. The number of aliphatic imine (C=N–C) groups is 1. The Morgan fingerprint density at radius 1 is 1.78 bits per heavy atom. The Bertz CT molecular complexity index is 164. The van der Waals surface area contributed by atoms with Gasteiger partial charge in [-0.2, -0.15) is 5.26 Å². The molecular formula is C6H8N2O. The largest absolute Gasteiger partial charge is 0.487 e. The summed E-state index contributed by atoms with van der Waals surface area (Å²) < 4.78 is 4.58. The zero-order chi connectivity index (χ0) is 6.74. The quantitative estimate of drug-likeness (QED) is 0.402. The zero-order valence-corrected chi connectivity index (χ0v) is 5.29. The molecule has 0 heterocycles. The van der Waals surface area contributed by atoms with Crippen LogP contribution in [0.3, 0.4) is 0 Å². The highest BCUT2D eigenvalue weighted by molar-refractivity contribution is 5.49. The van der Waals surface area contributed by atoms with E-state index < -0.39 is 5.54 Å². The molecule has 3 nitrogen and oxygen atoms in total. The highest BCUT2D eigenvalue weighted by Crippen LogP contribution is 2.38. The second-order valence-electron chi connectivity index (χ2n) is 2.11. The number of hydrogen-bond acceptors (Lipinski definition) is 3. The molecule has 9 heavy (non-hydrogen) atoms. The van der Waals surface area contributed by atoms with E-state index in [0.717, 1.165) is 12.8 Å². The minimum Gasteiger partial charge on any atom is -0.487 e. The molecule has 1 rings (SSSR count). The van der Waals surface area contributed by atoms with Crippen molar-refractivity contribution in [2.45, 2.75) is 18.4 Å². The Balaban J connectivity index is 2.45. The molecule has 0 aromatic carbocycles. The molecule has 48 valence electrons. The van der Waals surface area contributed by atoms with Crippen LogP contribution >= 0.6 is 0 Å². The zero-order valence-electron chi connectivity index (χ0n) is 5.29. The van der Waals surface area contributed by atoms with Gasteiger partial charge >= 0.3 is 0 Å². The van der Waals surface area contributed by atoms with Gasteiger partial charge < -0.3 is 4.74 Å². The second kappa shape index (κ2) is 2.06. The first-order valence-electron chi connectivity index (χ1n) is 2.81. The highest BCUT2D eigenvalue weighted by atomic mass is 16.5. The molecule has 3 heteroatoms. The summed E-state index contributed by atoms with van der Waals surface area (Å²) in [5.41, 5.74) is -0.407. The molecular weight excluding hydrogens is 116 g/mol. The second-order valence-corrected chi connectivity index (χ2v) is 2.11. The molecule has 0 aromatic heterocycles. The van der Waals surface area contributed by atoms with E-state index in [0.29, 0.717) is 0 Å². The van der Waals surface area contributed by atoms with Crippen LogP contribution in [0.15, 0.2) is 4.99 Å². The fraction of sp³-hybridized carbons (Fsp3) is 0.667. The average molecular weight is 124 g/mol. The van der Waals surface area contributed by atoms with Crippen molar-refractivity contribution < 1.29 is 4.74 Å². The molecule has 0 spiro atoms. The number of ether oxygens (including phenoxy) is 1. The maximum absolute atomic E-state index is 8.46. The van der Waals surface area contributed by atoms with Gasteiger partial charge in [0.15, 0.2) is 6.40 Å². The highest BCUT2D eigenvalue weighted by Gasteiger charge is 2.42. The van der Waals surface area contributed by atoms with Gasteiger partial charge in [-0.25, -0.2) is 4.99 Å². The molecule has 0 bridgehead atoms. The molecule has 0 N–H and O–H groups in total. The summed E-state index contributed by atoms with van der Waals surface area (Å²) in [7, 11) is 1.52. The van der Waals surface area contributed by atoms with Gasteiger partial charge in [0, 0.05) is 0 Å². The molecule has 0 saturated heterocycles. The molecule has 0 amide bonds. The Kier molecular flexibility index (Phi) is 1.39. The van der Waals surface area contributed by atoms with E-state index in [-0.39, 0.29) is 0 Å². The number of rotatable bonds is 2. The van der Waals surface area contributed by atoms with Gasteiger partial charge in [-0.3, -0.25) is 0 Å². The Labute approximate surface area is 54.0 Å². The maximum atomic E-state index is 8.46. The first-order chi connectivity index (χ1) is 4.33. The van der Waals surface area contributed by atoms with Crippen molar-refractivity contribution in [3.8, 4) is 6.07 Å². The molecule has 1 saturated carbocycles. The van der Waals surface area contributed by atoms with Crippen LogP contribution in [-0.4, -0.2) is 19.0 Å². The molecule has 1 aliphatic rings. The van der Waals surface area contributed by atoms with Crippen LogP contribution < -0.4 is 0 Å². The summed E-state index contributed by atoms with van der Waals surface area (Å²) in [6, 6.07) is 2.11. The Morgan fingerprint density at radius 2 is 2.44 bits per heavy atom. The van der Waals surface area contributed by atoms with Crippen LogP contribution in [0.2, 0.25) is 0 Å². The SMILES string of the molecule is CO/C=N\C1(C#N)CC1. The van der Waals surface area contributed by atoms with E-state index in [1.165, 1.54) is 13.5 Å². The van der Waals surface area contributed by atoms with Crippen LogP contribution in [0.4, 0.5) is 0 Å². The van der Waals surface area contributed by atoms with Crippen molar-refractivity contribution in [3.05, 3.63) is 0 Å². The lowest BCUT2D eigenvalue weighted by Gasteiger charge is -1.92. The van der Waals surface area contributed by atoms with Crippen molar-refractivity contribution in [1.82, 2.24) is 0 Å². The first-order valence-corrected chi connectivity index (χ1v) is 2.81. The number of nitrogens with zero attached hydrogens (tertiary/aromatic N) is 2. The predicted octanol–water partition coefficient (Wildman–Crippen LogP) is 0.717. The fourth-order valence-corrected chi connectivity index (χ4v) is 0.542. The normalized spacial score (nSPS) is 21.3. The molecule has 0 radical (unpaired) electrons. The molecule has 0 aliphatic heterocycles. The molecule has 0 aromatic rings. The van der Waals surface area contributed by atoms with Gasteiger partial charge in [-0.05, 0) is 12.8 Å². The van der Waals surface area contributed by atoms with Gasteiger partial charge in [0.2, 0.25) is 0 Å². The van der Waals surface area contributed by atoms with Crippen LogP contribution in [-0.2, 0) is 4.74 Å². The summed E-state index contributed by atoms with van der Waals surface area (Å²) in [6.45, 7) is 0. The van der Waals surface area contributed by atoms with E-state index in [9.17, 15) is 0 Å². The van der Waals surface area contributed by atoms with Gasteiger partial charge in [0.25, 0.3) is 0 Å². The van der Waals surface area contributed by atoms with Crippen LogP contribution in [0.5, 0.6) is 0 Å². The van der Waals surface area contributed by atoms with Gasteiger partial charge in [0.05, 0.1) is 13.2 Å². The average Bonchev–Trinajstić information content (AvgIpc) is 2.65. The van der Waals surface area contributed by atoms with Gasteiger partial charge in [0.1, 0.15) is 5.54 Å². The third-order valence-corrected chi connectivity index (χ3v) is 1.34. The summed E-state index contributed by atoms with van der Waals surface area (Å²) in [4.78, 5) is 3.90. The smallest absolute Gasteiger partial charge is 0.170 e. The van der Waals surface area contributed by atoms with Crippen molar-refractivity contribution in [2.24, 2.45) is 4.99 Å². The van der Waals surface area contributed by atoms with Crippen molar-refractivity contribution >= 4 is 6.40 Å². The fourth-order valence-electron chi connectivity index (χ4n) is 0.542. The maximum Gasteiger partial charge on any atom is 0.170 e. The lowest BCUT2D eigenvalue weighted by Crippen LogP contribution is -1.99. The molecule has 1 aliphatic carbocycles. The van der Waals surface area contributed by atoms with Crippen molar-refractivity contribution in [3.63, 3.8) is 0 Å².